The highest BCUT2D eigenvalue weighted by atomic mass is 35.5. The molecule has 0 unspecified atom stereocenters. The van der Waals surface area contributed by atoms with Gasteiger partial charge in [0.1, 0.15) is 5.82 Å². The van der Waals surface area contributed by atoms with Gasteiger partial charge in [0.25, 0.3) is 0 Å². The van der Waals surface area contributed by atoms with Crippen LogP contribution in [0, 0.1) is 6.92 Å². The van der Waals surface area contributed by atoms with Crippen LogP contribution in [0.5, 0.6) is 0 Å². The summed E-state index contributed by atoms with van der Waals surface area (Å²) >= 11 is 6.01. The lowest BCUT2D eigenvalue weighted by molar-refractivity contribution is 0.817. The first-order valence-corrected chi connectivity index (χ1v) is 7.42. The molecule has 2 aromatic rings. The van der Waals surface area contributed by atoms with Crippen LogP contribution in [-0.4, -0.2) is 12.0 Å². The number of aryl methyl sites for hydroxylation is 1. The molecule has 1 aromatic carbocycles. The molecule has 1 aromatic heterocycles. The molecule has 0 fully saturated rings. The Balaban J connectivity index is 2.46. The second-order valence-corrected chi connectivity index (χ2v) is 5.66. The number of pyridine rings is 1. The maximum absolute atomic E-state index is 6.01. The van der Waals surface area contributed by atoms with Gasteiger partial charge in [0.15, 0.2) is 0 Å². The highest BCUT2D eigenvalue weighted by Crippen LogP contribution is 2.28. The number of halogens is 1. The van der Waals surface area contributed by atoms with Crippen molar-refractivity contribution in [3.8, 4) is 0 Å². The Hall–Kier alpha value is -1.54. The van der Waals surface area contributed by atoms with Crippen LogP contribution in [0.15, 0.2) is 36.4 Å². The quantitative estimate of drug-likeness (QED) is 0.734. The van der Waals surface area contributed by atoms with E-state index in [-0.39, 0.29) is 0 Å². The van der Waals surface area contributed by atoms with E-state index in [0.29, 0.717) is 11.8 Å². The van der Waals surface area contributed by atoms with Crippen LogP contribution in [0.3, 0.4) is 0 Å². The number of alkyl halides is 1. The molecule has 20 heavy (non-hydrogen) atoms. The lowest BCUT2D eigenvalue weighted by atomic mass is 10.1. The van der Waals surface area contributed by atoms with Gasteiger partial charge in [0.05, 0.1) is 0 Å². The zero-order valence-electron chi connectivity index (χ0n) is 12.5. The normalized spacial score (nSPS) is 10.9. The van der Waals surface area contributed by atoms with Crippen molar-refractivity contribution in [3.63, 3.8) is 0 Å². The molecule has 0 N–H and O–H groups in total. The Morgan fingerprint density at radius 2 is 1.90 bits per heavy atom. The van der Waals surface area contributed by atoms with E-state index in [2.05, 4.69) is 56.0 Å². The van der Waals surface area contributed by atoms with Gasteiger partial charge >= 0.3 is 0 Å². The summed E-state index contributed by atoms with van der Waals surface area (Å²) in [5.41, 5.74) is 4.60. The van der Waals surface area contributed by atoms with Crippen molar-refractivity contribution in [1.29, 1.82) is 0 Å². The van der Waals surface area contributed by atoms with E-state index in [1.807, 2.05) is 13.1 Å². The summed E-state index contributed by atoms with van der Waals surface area (Å²) in [4.78, 5) is 6.89. The fourth-order valence-electron chi connectivity index (χ4n) is 2.20. The minimum atomic E-state index is 0.391. The molecular weight excluding hydrogens is 268 g/mol. The van der Waals surface area contributed by atoms with Crippen LogP contribution < -0.4 is 4.90 Å². The number of hydrogen-bond acceptors (Lipinski definition) is 2. The average Bonchev–Trinajstić information content (AvgIpc) is 2.46. The number of benzene rings is 1. The van der Waals surface area contributed by atoms with Gasteiger partial charge in [0, 0.05) is 24.3 Å². The SMILES string of the molecule is Cc1ccccc1N(C)c1cc(CCl)cc(C(C)C)n1. The zero-order chi connectivity index (χ0) is 14.7. The third-order valence-corrected chi connectivity index (χ3v) is 3.77. The number of nitrogens with zero attached hydrogens (tertiary/aromatic N) is 2. The predicted octanol–water partition coefficient (Wildman–Crippen LogP) is 5.02. The van der Waals surface area contributed by atoms with E-state index in [0.717, 1.165) is 17.1 Å². The first-order chi connectivity index (χ1) is 9.52. The van der Waals surface area contributed by atoms with E-state index in [4.69, 9.17) is 16.6 Å². The molecule has 0 amide bonds. The van der Waals surface area contributed by atoms with E-state index < -0.39 is 0 Å². The Bertz CT molecular complexity index is 593. The second kappa shape index (κ2) is 6.27. The molecule has 0 bridgehead atoms. The Labute approximate surface area is 126 Å². The second-order valence-electron chi connectivity index (χ2n) is 5.39. The predicted molar refractivity (Wildman–Crippen MR) is 87.1 cm³/mol. The monoisotopic (exact) mass is 288 g/mol. The molecule has 0 spiro atoms. The van der Waals surface area contributed by atoms with Crippen molar-refractivity contribution >= 4 is 23.1 Å². The van der Waals surface area contributed by atoms with Crippen molar-refractivity contribution < 1.29 is 0 Å². The van der Waals surface area contributed by atoms with Crippen LogP contribution >= 0.6 is 11.6 Å². The summed E-state index contributed by atoms with van der Waals surface area (Å²) in [7, 11) is 2.05. The number of anilines is 2. The fourth-order valence-corrected chi connectivity index (χ4v) is 2.36. The van der Waals surface area contributed by atoms with Crippen molar-refractivity contribution in [1.82, 2.24) is 4.98 Å². The molecule has 106 valence electrons. The summed E-state index contributed by atoms with van der Waals surface area (Å²) in [6, 6.07) is 12.5. The van der Waals surface area contributed by atoms with Gasteiger partial charge in [-0.3, -0.25) is 0 Å². The fraction of sp³-hybridized carbons (Fsp3) is 0.353. The van der Waals surface area contributed by atoms with Crippen molar-refractivity contribution in [2.75, 3.05) is 11.9 Å². The van der Waals surface area contributed by atoms with E-state index in [1.54, 1.807) is 0 Å². The van der Waals surface area contributed by atoms with Gasteiger partial charge in [-0.1, -0.05) is 32.0 Å². The summed E-state index contributed by atoms with van der Waals surface area (Å²) < 4.78 is 0. The Kier molecular flexibility index (Phi) is 4.66. The van der Waals surface area contributed by atoms with Crippen LogP contribution in [0.1, 0.15) is 36.6 Å². The van der Waals surface area contributed by atoms with Crippen LogP contribution in [0.2, 0.25) is 0 Å². The van der Waals surface area contributed by atoms with Gasteiger partial charge in [-0.2, -0.15) is 0 Å². The Morgan fingerprint density at radius 3 is 2.50 bits per heavy atom. The van der Waals surface area contributed by atoms with Crippen molar-refractivity contribution in [2.24, 2.45) is 0 Å². The lowest BCUT2D eigenvalue weighted by Crippen LogP contribution is -2.14. The molecule has 0 radical (unpaired) electrons. The molecule has 0 atom stereocenters. The molecular formula is C17H21ClN2. The standard InChI is InChI=1S/C17H21ClN2/c1-12(2)15-9-14(11-18)10-17(19-15)20(4)16-8-6-5-7-13(16)3/h5-10,12H,11H2,1-4H3. The molecule has 3 heteroatoms. The molecule has 0 saturated heterocycles. The minimum absolute atomic E-state index is 0.391. The van der Waals surface area contributed by atoms with Crippen molar-refractivity contribution in [3.05, 3.63) is 53.2 Å². The van der Waals surface area contributed by atoms with Gasteiger partial charge in [-0.15, -0.1) is 11.6 Å². The Morgan fingerprint density at radius 1 is 1.20 bits per heavy atom. The van der Waals surface area contributed by atoms with E-state index in [1.165, 1.54) is 11.3 Å². The van der Waals surface area contributed by atoms with E-state index >= 15 is 0 Å². The van der Waals surface area contributed by atoms with Gasteiger partial charge in [0.2, 0.25) is 0 Å². The maximum Gasteiger partial charge on any atom is 0.133 e. The summed E-state index contributed by atoms with van der Waals surface area (Å²) in [5, 5.41) is 0. The zero-order valence-corrected chi connectivity index (χ0v) is 13.3. The molecule has 2 nitrogen and oxygen atoms in total. The molecule has 0 aliphatic heterocycles. The van der Waals surface area contributed by atoms with Gasteiger partial charge in [-0.05, 0) is 42.2 Å². The van der Waals surface area contributed by atoms with Crippen LogP contribution in [0.4, 0.5) is 11.5 Å². The maximum atomic E-state index is 6.01. The summed E-state index contributed by atoms with van der Waals surface area (Å²) in [5.74, 6) is 1.85. The third-order valence-electron chi connectivity index (χ3n) is 3.46. The first-order valence-electron chi connectivity index (χ1n) is 6.89. The topological polar surface area (TPSA) is 16.1 Å². The highest BCUT2D eigenvalue weighted by Gasteiger charge is 2.11. The molecule has 1 heterocycles. The molecule has 2 rings (SSSR count). The molecule has 0 aliphatic carbocycles. The highest BCUT2D eigenvalue weighted by molar-refractivity contribution is 6.17. The van der Waals surface area contributed by atoms with Crippen molar-refractivity contribution in [2.45, 2.75) is 32.6 Å². The first kappa shape index (κ1) is 14.9. The smallest absolute Gasteiger partial charge is 0.133 e. The molecule has 0 aliphatic rings. The minimum Gasteiger partial charge on any atom is -0.329 e. The summed E-state index contributed by atoms with van der Waals surface area (Å²) in [6.07, 6.45) is 0. The number of para-hydroxylation sites is 1. The molecule has 0 saturated carbocycles. The summed E-state index contributed by atoms with van der Waals surface area (Å²) in [6.45, 7) is 6.41. The van der Waals surface area contributed by atoms with Crippen LogP contribution in [0.25, 0.3) is 0 Å². The number of hydrogen-bond donors (Lipinski definition) is 0. The van der Waals surface area contributed by atoms with Crippen LogP contribution in [-0.2, 0) is 5.88 Å². The largest absolute Gasteiger partial charge is 0.329 e. The lowest BCUT2D eigenvalue weighted by Gasteiger charge is -2.22. The van der Waals surface area contributed by atoms with Gasteiger partial charge < -0.3 is 4.90 Å². The third kappa shape index (κ3) is 3.13. The average molecular weight is 289 g/mol. The number of aromatic nitrogens is 1. The van der Waals surface area contributed by atoms with E-state index in [9.17, 15) is 0 Å². The van der Waals surface area contributed by atoms with Gasteiger partial charge in [-0.25, -0.2) is 4.98 Å². The number of rotatable bonds is 4.